The number of carbonyl (C=O) groups is 2. The molecule has 0 spiro atoms. The molecule has 2 amide bonds. The molecule has 2 aromatic rings. The third kappa shape index (κ3) is 4.13. The smallest absolute Gasteiger partial charge is 0.227 e. The average Bonchev–Trinajstić information content (AvgIpc) is 2.49. The molecule has 1 saturated carbocycles. The monoisotopic (exact) mass is 323 g/mol. The summed E-state index contributed by atoms with van der Waals surface area (Å²) >= 11 is 0. The molecule has 0 heterocycles. The summed E-state index contributed by atoms with van der Waals surface area (Å²) in [7, 11) is 0. The normalized spacial score (nSPS) is 13.7. The summed E-state index contributed by atoms with van der Waals surface area (Å²) in [5.74, 6) is 0.218. The topological polar surface area (TPSA) is 70.2 Å². The van der Waals surface area contributed by atoms with Crippen LogP contribution in [-0.4, -0.2) is 11.8 Å². The molecule has 0 radical (unpaired) electrons. The van der Waals surface area contributed by atoms with Gasteiger partial charge in [0, 0.05) is 35.6 Å². The molecule has 0 unspecified atom stereocenters. The van der Waals surface area contributed by atoms with Gasteiger partial charge in [0.1, 0.15) is 0 Å². The molecule has 3 N–H and O–H groups in total. The summed E-state index contributed by atoms with van der Waals surface area (Å²) in [6, 6.07) is 15.1. The van der Waals surface area contributed by atoms with Crippen LogP contribution in [0, 0.1) is 5.92 Å². The van der Waals surface area contributed by atoms with Gasteiger partial charge in [-0.2, -0.15) is 0 Å². The summed E-state index contributed by atoms with van der Waals surface area (Å²) in [5.41, 5.74) is 3.44. The van der Waals surface area contributed by atoms with Crippen LogP contribution < -0.4 is 16.0 Å². The summed E-state index contributed by atoms with van der Waals surface area (Å²) in [4.78, 5) is 22.9. The zero-order valence-electron chi connectivity index (χ0n) is 13.6. The van der Waals surface area contributed by atoms with Crippen molar-refractivity contribution >= 4 is 34.6 Å². The van der Waals surface area contributed by atoms with Gasteiger partial charge >= 0.3 is 0 Å². The van der Waals surface area contributed by atoms with Crippen LogP contribution in [0.25, 0.3) is 0 Å². The summed E-state index contributed by atoms with van der Waals surface area (Å²) in [6.07, 6.45) is 3.15. The van der Waals surface area contributed by atoms with Gasteiger partial charge in [0.05, 0.1) is 0 Å². The second kappa shape index (κ2) is 7.17. The molecule has 124 valence electrons. The van der Waals surface area contributed by atoms with Gasteiger partial charge in [-0.1, -0.05) is 6.42 Å². The molecule has 3 rings (SSSR count). The second-order valence-electron chi connectivity index (χ2n) is 6.08. The molecular formula is C19H21N3O2. The van der Waals surface area contributed by atoms with E-state index in [0.717, 1.165) is 42.0 Å². The van der Waals surface area contributed by atoms with Gasteiger partial charge in [0.15, 0.2) is 0 Å². The van der Waals surface area contributed by atoms with E-state index in [9.17, 15) is 9.59 Å². The Morgan fingerprint density at radius 3 is 1.67 bits per heavy atom. The maximum absolute atomic E-state index is 11.9. The Balaban J connectivity index is 1.57. The van der Waals surface area contributed by atoms with Crippen LogP contribution in [0.1, 0.15) is 26.2 Å². The Hall–Kier alpha value is -2.82. The van der Waals surface area contributed by atoms with Crippen molar-refractivity contribution in [2.45, 2.75) is 26.2 Å². The number of hydrogen-bond acceptors (Lipinski definition) is 3. The van der Waals surface area contributed by atoms with Gasteiger partial charge in [-0.3, -0.25) is 9.59 Å². The Morgan fingerprint density at radius 2 is 1.25 bits per heavy atom. The molecule has 1 aliphatic rings. The van der Waals surface area contributed by atoms with Crippen LogP contribution in [0.3, 0.4) is 0 Å². The predicted octanol–water partition coefficient (Wildman–Crippen LogP) is 4.13. The van der Waals surface area contributed by atoms with Crippen molar-refractivity contribution in [1.29, 1.82) is 0 Å². The first-order valence-corrected chi connectivity index (χ1v) is 8.16. The summed E-state index contributed by atoms with van der Waals surface area (Å²) in [5, 5.41) is 8.97. The van der Waals surface area contributed by atoms with Crippen molar-refractivity contribution in [2.75, 3.05) is 16.0 Å². The molecule has 0 saturated heterocycles. The minimum absolute atomic E-state index is 0.0877. The van der Waals surface area contributed by atoms with Gasteiger partial charge in [0.25, 0.3) is 0 Å². The Kier molecular flexibility index (Phi) is 4.79. The highest BCUT2D eigenvalue weighted by Crippen LogP contribution is 2.28. The Labute approximate surface area is 141 Å². The molecule has 0 aliphatic heterocycles. The van der Waals surface area contributed by atoms with Crippen LogP contribution >= 0.6 is 0 Å². The van der Waals surface area contributed by atoms with Crippen LogP contribution in [0.2, 0.25) is 0 Å². The van der Waals surface area contributed by atoms with Crippen LogP contribution in [0.4, 0.5) is 22.7 Å². The highest BCUT2D eigenvalue weighted by atomic mass is 16.2. The number of amides is 2. The number of nitrogens with one attached hydrogen (secondary N) is 3. The Morgan fingerprint density at radius 1 is 0.792 bits per heavy atom. The van der Waals surface area contributed by atoms with E-state index in [1.54, 1.807) is 0 Å². The van der Waals surface area contributed by atoms with Crippen molar-refractivity contribution in [3.05, 3.63) is 48.5 Å². The van der Waals surface area contributed by atoms with E-state index in [1.807, 2.05) is 48.5 Å². The molecule has 1 fully saturated rings. The maximum Gasteiger partial charge on any atom is 0.227 e. The lowest BCUT2D eigenvalue weighted by molar-refractivity contribution is -0.122. The lowest BCUT2D eigenvalue weighted by atomic mass is 9.85. The standard InChI is InChI=1S/C19H21N3O2/c1-13(23)20-15-5-7-16(8-6-15)21-17-9-11-18(12-10-17)22-19(24)14-3-2-4-14/h5-12,14,21H,2-4H2,1H3,(H,20,23)(H,22,24). The molecular weight excluding hydrogens is 302 g/mol. The first-order chi connectivity index (χ1) is 11.6. The first kappa shape index (κ1) is 16.1. The number of rotatable bonds is 5. The third-order valence-corrected chi connectivity index (χ3v) is 4.12. The third-order valence-electron chi connectivity index (χ3n) is 4.12. The Bertz CT molecular complexity index is 719. The van der Waals surface area contributed by atoms with Gasteiger partial charge in [-0.05, 0) is 61.4 Å². The van der Waals surface area contributed by atoms with E-state index < -0.39 is 0 Å². The van der Waals surface area contributed by atoms with Crippen LogP contribution in [0.5, 0.6) is 0 Å². The number of carbonyl (C=O) groups excluding carboxylic acids is 2. The lowest BCUT2D eigenvalue weighted by Gasteiger charge is -2.24. The zero-order chi connectivity index (χ0) is 16.9. The molecule has 0 aromatic heterocycles. The molecule has 5 heteroatoms. The van der Waals surface area contributed by atoms with Crippen LogP contribution in [-0.2, 0) is 9.59 Å². The second-order valence-corrected chi connectivity index (χ2v) is 6.08. The van der Waals surface area contributed by atoms with E-state index in [0.29, 0.717) is 0 Å². The van der Waals surface area contributed by atoms with Crippen molar-refractivity contribution in [3.8, 4) is 0 Å². The fourth-order valence-electron chi connectivity index (χ4n) is 2.56. The minimum Gasteiger partial charge on any atom is -0.356 e. The summed E-state index contributed by atoms with van der Waals surface area (Å²) in [6.45, 7) is 1.48. The number of hydrogen-bond donors (Lipinski definition) is 3. The zero-order valence-corrected chi connectivity index (χ0v) is 13.6. The van der Waals surface area contributed by atoms with Crippen molar-refractivity contribution < 1.29 is 9.59 Å². The van der Waals surface area contributed by atoms with Gasteiger partial charge in [-0.25, -0.2) is 0 Å². The van der Waals surface area contributed by atoms with E-state index in [-0.39, 0.29) is 17.7 Å². The number of anilines is 4. The largest absolute Gasteiger partial charge is 0.356 e. The van der Waals surface area contributed by atoms with Gasteiger partial charge in [0.2, 0.25) is 11.8 Å². The minimum atomic E-state index is -0.0877. The molecule has 5 nitrogen and oxygen atoms in total. The van der Waals surface area contributed by atoms with Gasteiger partial charge < -0.3 is 16.0 Å². The molecule has 2 aromatic carbocycles. The predicted molar refractivity (Wildman–Crippen MR) is 96.4 cm³/mol. The fourth-order valence-corrected chi connectivity index (χ4v) is 2.56. The van der Waals surface area contributed by atoms with E-state index >= 15 is 0 Å². The lowest BCUT2D eigenvalue weighted by Crippen LogP contribution is -2.27. The van der Waals surface area contributed by atoms with Crippen molar-refractivity contribution in [1.82, 2.24) is 0 Å². The SMILES string of the molecule is CC(=O)Nc1ccc(Nc2ccc(NC(=O)C3CCC3)cc2)cc1. The van der Waals surface area contributed by atoms with E-state index in [1.165, 1.54) is 6.92 Å². The van der Waals surface area contributed by atoms with Gasteiger partial charge in [-0.15, -0.1) is 0 Å². The number of benzene rings is 2. The van der Waals surface area contributed by atoms with E-state index in [4.69, 9.17) is 0 Å². The van der Waals surface area contributed by atoms with Crippen molar-refractivity contribution in [2.24, 2.45) is 5.92 Å². The van der Waals surface area contributed by atoms with E-state index in [2.05, 4.69) is 16.0 Å². The first-order valence-electron chi connectivity index (χ1n) is 8.16. The van der Waals surface area contributed by atoms with Crippen LogP contribution in [0.15, 0.2) is 48.5 Å². The molecule has 0 bridgehead atoms. The van der Waals surface area contributed by atoms with Crippen molar-refractivity contribution in [3.63, 3.8) is 0 Å². The molecule has 0 atom stereocenters. The fraction of sp³-hybridized carbons (Fsp3) is 0.263. The average molecular weight is 323 g/mol. The quantitative estimate of drug-likeness (QED) is 0.775. The summed E-state index contributed by atoms with van der Waals surface area (Å²) < 4.78 is 0. The highest BCUT2D eigenvalue weighted by molar-refractivity contribution is 5.93. The maximum atomic E-state index is 11.9. The molecule has 1 aliphatic carbocycles. The molecule has 24 heavy (non-hydrogen) atoms. The highest BCUT2D eigenvalue weighted by Gasteiger charge is 2.24.